The first-order valence-corrected chi connectivity index (χ1v) is 11.6. The molecule has 0 radical (unpaired) electrons. The van der Waals surface area contributed by atoms with Crippen molar-refractivity contribution in [2.24, 2.45) is 5.92 Å². The Morgan fingerprint density at radius 3 is 2.45 bits per heavy atom. The molecule has 0 aliphatic heterocycles. The second-order valence-electron chi connectivity index (χ2n) is 7.99. The molecule has 1 aromatic rings. The van der Waals surface area contributed by atoms with Gasteiger partial charge in [0.25, 0.3) is 0 Å². The maximum absolute atomic E-state index is 13.1. The highest BCUT2D eigenvalue weighted by Crippen LogP contribution is 2.57. The zero-order valence-corrected chi connectivity index (χ0v) is 15.5. The van der Waals surface area contributed by atoms with Gasteiger partial charge in [-0.1, -0.05) is 30.8 Å². The Labute approximate surface area is 134 Å². The lowest BCUT2D eigenvalue weighted by Crippen LogP contribution is -2.55. The largest absolute Gasteiger partial charge is 0.497 e. The number of benzene rings is 1. The van der Waals surface area contributed by atoms with Crippen LogP contribution < -0.4 is 4.74 Å². The highest BCUT2D eigenvalue weighted by atomic mass is 28.3. The van der Waals surface area contributed by atoms with Gasteiger partial charge in [-0.25, -0.2) is 0 Å². The van der Waals surface area contributed by atoms with Crippen LogP contribution in [0.1, 0.15) is 42.6 Å². The minimum absolute atomic E-state index is 0.0253. The number of carbonyl (C=O) groups is 1. The Bertz CT molecular complexity index is 681. The molecule has 0 saturated carbocycles. The number of ether oxygens (including phenoxy) is 1. The van der Waals surface area contributed by atoms with Crippen molar-refractivity contribution in [1.29, 1.82) is 0 Å². The lowest BCUT2D eigenvalue weighted by Gasteiger charge is -2.48. The summed E-state index contributed by atoms with van der Waals surface area (Å²) in [5.41, 5.74) is 5.08. The molecule has 0 saturated heterocycles. The SMILES string of the molecule is COc1ccc2c(c1)[C@@]1([Si](C)(C)C)CC(C)=C(C)C[C@H]1C2=O. The van der Waals surface area contributed by atoms with Gasteiger partial charge in [-0.3, -0.25) is 4.79 Å². The minimum atomic E-state index is -1.62. The van der Waals surface area contributed by atoms with Crippen molar-refractivity contribution in [2.75, 3.05) is 7.11 Å². The van der Waals surface area contributed by atoms with Crippen molar-refractivity contribution in [2.45, 2.75) is 51.4 Å². The predicted molar refractivity (Wildman–Crippen MR) is 93.4 cm³/mol. The Morgan fingerprint density at radius 1 is 1.18 bits per heavy atom. The first-order chi connectivity index (χ1) is 10.2. The van der Waals surface area contributed by atoms with E-state index < -0.39 is 8.07 Å². The van der Waals surface area contributed by atoms with Crippen LogP contribution in [0.5, 0.6) is 5.75 Å². The second kappa shape index (κ2) is 4.82. The van der Waals surface area contributed by atoms with Crippen LogP contribution in [0.4, 0.5) is 0 Å². The van der Waals surface area contributed by atoms with E-state index in [1.165, 1.54) is 16.7 Å². The number of methoxy groups -OCH3 is 1. The molecule has 0 unspecified atom stereocenters. The highest BCUT2D eigenvalue weighted by molar-refractivity contribution is 6.79. The number of hydrogen-bond acceptors (Lipinski definition) is 2. The molecule has 2 atom stereocenters. The van der Waals surface area contributed by atoms with Crippen molar-refractivity contribution in [3.05, 3.63) is 40.5 Å². The lowest BCUT2D eigenvalue weighted by atomic mass is 9.75. The number of hydrogen-bond donors (Lipinski definition) is 0. The molecular weight excluding hydrogens is 288 g/mol. The fraction of sp³-hybridized carbons (Fsp3) is 0.526. The topological polar surface area (TPSA) is 26.3 Å². The monoisotopic (exact) mass is 314 g/mol. The zero-order valence-electron chi connectivity index (χ0n) is 14.5. The molecular formula is C19H26O2Si. The van der Waals surface area contributed by atoms with Crippen LogP contribution in [0.15, 0.2) is 29.3 Å². The normalized spacial score (nSPS) is 27.7. The maximum Gasteiger partial charge on any atom is 0.167 e. The van der Waals surface area contributed by atoms with Gasteiger partial charge < -0.3 is 4.74 Å². The molecule has 0 fully saturated rings. The smallest absolute Gasteiger partial charge is 0.167 e. The summed E-state index contributed by atoms with van der Waals surface area (Å²) in [5.74, 6) is 1.35. The molecule has 3 heteroatoms. The summed E-state index contributed by atoms with van der Waals surface area (Å²) in [6, 6.07) is 6.06. The molecule has 2 aliphatic carbocycles. The Balaban J connectivity index is 2.30. The Morgan fingerprint density at radius 2 is 1.86 bits per heavy atom. The van der Waals surface area contributed by atoms with Crippen molar-refractivity contribution in [1.82, 2.24) is 0 Å². The molecule has 1 aromatic carbocycles. The molecule has 3 rings (SSSR count). The van der Waals surface area contributed by atoms with Gasteiger partial charge in [-0.2, -0.15) is 0 Å². The van der Waals surface area contributed by atoms with E-state index in [9.17, 15) is 4.79 Å². The second-order valence-corrected chi connectivity index (χ2v) is 13.4. The molecule has 2 aliphatic rings. The quantitative estimate of drug-likeness (QED) is 0.581. The van der Waals surface area contributed by atoms with Crippen LogP contribution >= 0.6 is 0 Å². The molecule has 22 heavy (non-hydrogen) atoms. The summed E-state index contributed by atoms with van der Waals surface area (Å²) in [6.45, 7) is 11.7. The van der Waals surface area contributed by atoms with Crippen molar-refractivity contribution < 1.29 is 9.53 Å². The fourth-order valence-corrected chi connectivity index (χ4v) is 7.65. The average Bonchev–Trinajstić information content (AvgIpc) is 2.69. The third kappa shape index (κ3) is 1.88. The molecule has 0 N–H and O–H groups in total. The van der Waals surface area contributed by atoms with E-state index in [2.05, 4.69) is 39.6 Å². The molecule has 0 amide bonds. The van der Waals surface area contributed by atoms with Crippen LogP contribution in [-0.4, -0.2) is 21.0 Å². The highest BCUT2D eigenvalue weighted by Gasteiger charge is 2.59. The van der Waals surface area contributed by atoms with Crippen LogP contribution in [0.2, 0.25) is 19.6 Å². The van der Waals surface area contributed by atoms with E-state index in [1.54, 1.807) is 7.11 Å². The standard InChI is InChI=1S/C19H26O2Si/c1-12-9-17-18(20)15-8-7-14(21-3)10-16(15)19(17,11-13(12)2)22(4,5)6/h7-8,10,17H,9,11H2,1-6H3/t17-,19-/m0/s1. The van der Waals surface area contributed by atoms with Gasteiger partial charge in [0.1, 0.15) is 5.75 Å². The number of rotatable bonds is 2. The van der Waals surface area contributed by atoms with Crippen molar-refractivity contribution in [3.8, 4) is 5.75 Å². The van der Waals surface area contributed by atoms with Crippen molar-refractivity contribution >= 4 is 13.9 Å². The van der Waals surface area contributed by atoms with E-state index in [0.29, 0.717) is 5.78 Å². The van der Waals surface area contributed by atoms with Gasteiger partial charge in [0.05, 0.1) is 15.2 Å². The maximum atomic E-state index is 13.1. The van der Waals surface area contributed by atoms with Gasteiger partial charge >= 0.3 is 0 Å². The summed E-state index contributed by atoms with van der Waals surface area (Å²) in [5, 5.41) is 0.0253. The van der Waals surface area contributed by atoms with E-state index in [4.69, 9.17) is 4.74 Å². The number of carbonyl (C=O) groups excluding carboxylic acids is 1. The third-order valence-electron chi connectivity index (χ3n) is 6.01. The van der Waals surface area contributed by atoms with Crippen LogP contribution in [0.25, 0.3) is 0 Å². The van der Waals surface area contributed by atoms with Gasteiger partial charge in [-0.05, 0) is 50.5 Å². The summed E-state index contributed by atoms with van der Waals surface area (Å²) >= 11 is 0. The molecule has 0 bridgehead atoms. The average molecular weight is 315 g/mol. The number of allylic oxidation sites excluding steroid dienone is 2. The minimum Gasteiger partial charge on any atom is -0.497 e. The molecule has 0 spiro atoms. The van der Waals surface area contributed by atoms with Gasteiger partial charge in [0, 0.05) is 16.5 Å². The van der Waals surface area contributed by atoms with Crippen LogP contribution in [0, 0.1) is 5.92 Å². The van der Waals surface area contributed by atoms with Gasteiger partial charge in [-0.15, -0.1) is 0 Å². The van der Waals surface area contributed by atoms with E-state index >= 15 is 0 Å². The lowest BCUT2D eigenvalue weighted by molar-refractivity contribution is 0.0902. The van der Waals surface area contributed by atoms with Gasteiger partial charge in [0.2, 0.25) is 0 Å². The number of fused-ring (bicyclic) bond motifs is 3. The fourth-order valence-electron chi connectivity index (χ4n) is 4.56. The van der Waals surface area contributed by atoms with Crippen molar-refractivity contribution in [3.63, 3.8) is 0 Å². The number of Topliss-reactive ketones (excluding diaryl/α,β-unsaturated/α-hetero) is 1. The van der Waals surface area contributed by atoms with Gasteiger partial charge in [0.15, 0.2) is 5.78 Å². The zero-order chi connectivity index (χ0) is 16.3. The first-order valence-electron chi connectivity index (χ1n) is 8.10. The molecule has 118 valence electrons. The predicted octanol–water partition coefficient (Wildman–Crippen LogP) is 4.75. The summed E-state index contributed by atoms with van der Waals surface area (Å²) in [7, 11) is 0.0838. The van der Waals surface area contributed by atoms with Crippen LogP contribution in [0.3, 0.4) is 0 Å². The van der Waals surface area contributed by atoms with Crippen LogP contribution in [-0.2, 0) is 5.04 Å². The van der Waals surface area contributed by atoms with E-state index in [-0.39, 0.29) is 11.0 Å². The van der Waals surface area contributed by atoms with E-state index in [1.807, 2.05) is 12.1 Å². The molecule has 0 aromatic heterocycles. The van der Waals surface area contributed by atoms with E-state index in [0.717, 1.165) is 24.2 Å². The Hall–Kier alpha value is -1.35. The Kier molecular flexibility index (Phi) is 3.40. The number of ketones is 1. The summed E-state index contributed by atoms with van der Waals surface area (Å²) in [4.78, 5) is 13.1. The first kappa shape index (κ1) is 15.5. The molecule has 2 nitrogen and oxygen atoms in total. The summed E-state index contributed by atoms with van der Waals surface area (Å²) < 4.78 is 5.45. The summed E-state index contributed by atoms with van der Waals surface area (Å²) in [6.07, 6.45) is 1.96. The molecule has 0 heterocycles. The third-order valence-corrected chi connectivity index (χ3v) is 9.48.